The third-order valence-electron chi connectivity index (χ3n) is 6.22. The molecule has 0 atom stereocenters. The molecule has 2 aromatic carbocycles. The van der Waals surface area contributed by atoms with E-state index < -0.39 is 0 Å². The molecule has 0 saturated carbocycles. The third kappa shape index (κ3) is 6.13. The van der Waals surface area contributed by atoms with Crippen LogP contribution in [0.2, 0.25) is 0 Å². The number of nitrogens with zero attached hydrogens (tertiary/aromatic N) is 3. The van der Waals surface area contributed by atoms with Gasteiger partial charge in [0, 0.05) is 11.1 Å². The monoisotopic (exact) mass is 523 g/mol. The van der Waals surface area contributed by atoms with Gasteiger partial charge in [-0.2, -0.15) is 9.61 Å². The molecule has 0 amide bonds. The zero-order valence-electron chi connectivity index (χ0n) is 19.8. The smallest absolute Gasteiger partial charge is 0.214 e. The molecule has 0 spiro atoms. The van der Waals surface area contributed by atoms with Crippen molar-refractivity contribution in [2.45, 2.75) is 78.1 Å². The Bertz CT molecular complexity index is 1140. The standard InChI is InChI=1S/C28H34BrN3S/c1-3-5-7-9-11-21-13-17-23(18-14-21)25-26(29)32-28(30-25)33-27(31-32)24-19-15-22(16-20-24)12-10-8-6-4-2/h13-20H,3-12H2,1-2H3. The van der Waals surface area contributed by atoms with Crippen LogP contribution in [0.3, 0.4) is 0 Å². The first-order valence-electron chi connectivity index (χ1n) is 12.4. The van der Waals surface area contributed by atoms with Crippen molar-refractivity contribution in [3.05, 3.63) is 64.3 Å². The van der Waals surface area contributed by atoms with Crippen molar-refractivity contribution in [1.82, 2.24) is 14.6 Å². The van der Waals surface area contributed by atoms with Gasteiger partial charge in [0.05, 0.1) is 0 Å². The summed E-state index contributed by atoms with van der Waals surface area (Å²) in [6.07, 6.45) is 12.7. The average Bonchev–Trinajstić information content (AvgIpc) is 3.40. The average molecular weight is 525 g/mol. The molecule has 0 aliphatic rings. The Hall–Kier alpha value is -1.98. The molecular weight excluding hydrogens is 490 g/mol. The summed E-state index contributed by atoms with van der Waals surface area (Å²) in [5, 5.41) is 5.85. The van der Waals surface area contributed by atoms with Crippen LogP contribution in [0, 0.1) is 0 Å². The minimum atomic E-state index is 0.916. The maximum Gasteiger partial charge on any atom is 0.214 e. The zero-order valence-corrected chi connectivity index (χ0v) is 22.2. The number of fused-ring (bicyclic) bond motifs is 1. The SMILES string of the molecule is CCCCCCc1ccc(-c2nn3c(Br)c(-c4ccc(CCCCCC)cc4)nc3s2)cc1. The number of aryl methyl sites for hydroxylation is 2. The van der Waals surface area contributed by atoms with E-state index in [4.69, 9.17) is 10.1 Å². The number of benzene rings is 2. The lowest BCUT2D eigenvalue weighted by molar-refractivity contribution is 0.667. The van der Waals surface area contributed by atoms with E-state index in [-0.39, 0.29) is 0 Å². The lowest BCUT2D eigenvalue weighted by atomic mass is 10.0. The van der Waals surface area contributed by atoms with Crippen molar-refractivity contribution < 1.29 is 0 Å². The van der Waals surface area contributed by atoms with E-state index in [1.165, 1.54) is 62.5 Å². The molecule has 3 nitrogen and oxygen atoms in total. The predicted octanol–water partition coefficient (Wildman–Crippen LogP) is 9.13. The fourth-order valence-corrected chi connectivity index (χ4v) is 5.77. The molecule has 0 bridgehead atoms. The Labute approximate surface area is 210 Å². The van der Waals surface area contributed by atoms with Crippen molar-refractivity contribution in [3.8, 4) is 21.8 Å². The highest BCUT2D eigenvalue weighted by Gasteiger charge is 2.17. The van der Waals surface area contributed by atoms with Crippen LogP contribution >= 0.6 is 27.3 Å². The molecule has 33 heavy (non-hydrogen) atoms. The van der Waals surface area contributed by atoms with Gasteiger partial charge in [0.2, 0.25) is 4.96 Å². The largest absolute Gasteiger partial charge is 0.216 e. The lowest BCUT2D eigenvalue weighted by Crippen LogP contribution is -1.89. The van der Waals surface area contributed by atoms with E-state index in [1.807, 2.05) is 4.52 Å². The van der Waals surface area contributed by atoms with E-state index in [0.717, 1.165) is 44.2 Å². The van der Waals surface area contributed by atoms with Crippen LogP contribution in [0.4, 0.5) is 0 Å². The first-order valence-corrected chi connectivity index (χ1v) is 14.0. The molecule has 174 valence electrons. The molecule has 2 aromatic heterocycles. The van der Waals surface area contributed by atoms with Crippen LogP contribution < -0.4 is 0 Å². The molecule has 0 unspecified atom stereocenters. The Morgan fingerprint density at radius 1 is 0.727 bits per heavy atom. The van der Waals surface area contributed by atoms with Gasteiger partial charge < -0.3 is 0 Å². The summed E-state index contributed by atoms with van der Waals surface area (Å²) in [6, 6.07) is 17.7. The van der Waals surface area contributed by atoms with E-state index in [2.05, 4.69) is 78.3 Å². The van der Waals surface area contributed by atoms with Crippen LogP contribution in [-0.4, -0.2) is 14.6 Å². The molecule has 2 heterocycles. The third-order valence-corrected chi connectivity index (χ3v) is 7.88. The van der Waals surface area contributed by atoms with Gasteiger partial charge in [-0.3, -0.25) is 0 Å². The first kappa shape index (κ1) is 24.2. The van der Waals surface area contributed by atoms with Crippen LogP contribution in [0.5, 0.6) is 0 Å². The molecule has 4 rings (SSSR count). The maximum atomic E-state index is 4.89. The van der Waals surface area contributed by atoms with Gasteiger partial charge >= 0.3 is 0 Å². The van der Waals surface area contributed by atoms with E-state index in [1.54, 1.807) is 11.3 Å². The fourth-order valence-electron chi connectivity index (χ4n) is 4.18. The summed E-state index contributed by atoms with van der Waals surface area (Å²) in [7, 11) is 0. The van der Waals surface area contributed by atoms with Crippen molar-refractivity contribution >= 4 is 32.2 Å². The molecule has 0 fully saturated rings. The number of imidazole rings is 1. The molecule has 0 aliphatic heterocycles. The van der Waals surface area contributed by atoms with Gasteiger partial charge in [-0.15, -0.1) is 0 Å². The Kier molecular flexibility index (Phi) is 8.74. The van der Waals surface area contributed by atoms with Gasteiger partial charge in [-0.05, 0) is 52.7 Å². The van der Waals surface area contributed by atoms with E-state index in [0.29, 0.717) is 0 Å². The highest BCUT2D eigenvalue weighted by atomic mass is 79.9. The summed E-state index contributed by atoms with van der Waals surface area (Å²) in [4.78, 5) is 5.81. The molecule has 0 radical (unpaired) electrons. The lowest BCUT2D eigenvalue weighted by Gasteiger charge is -2.04. The van der Waals surface area contributed by atoms with Crippen LogP contribution in [0.1, 0.15) is 76.3 Å². The second-order valence-corrected chi connectivity index (χ2v) is 10.6. The number of hydrogen-bond donors (Lipinski definition) is 0. The molecule has 0 aliphatic carbocycles. The quantitative estimate of drug-likeness (QED) is 0.173. The van der Waals surface area contributed by atoms with Crippen LogP contribution in [0.25, 0.3) is 26.8 Å². The summed E-state index contributed by atoms with van der Waals surface area (Å²) in [5.74, 6) is 0. The number of unbranched alkanes of at least 4 members (excludes halogenated alkanes) is 6. The molecule has 5 heteroatoms. The second-order valence-electron chi connectivity index (χ2n) is 8.87. The zero-order chi connectivity index (χ0) is 23.0. The maximum absolute atomic E-state index is 4.89. The summed E-state index contributed by atoms with van der Waals surface area (Å²) in [5.41, 5.74) is 6.06. The Balaban J connectivity index is 1.44. The minimum absolute atomic E-state index is 0.916. The van der Waals surface area contributed by atoms with Crippen molar-refractivity contribution in [3.63, 3.8) is 0 Å². The van der Waals surface area contributed by atoms with E-state index in [9.17, 15) is 0 Å². The van der Waals surface area contributed by atoms with Gasteiger partial charge in [0.15, 0.2) is 0 Å². The summed E-state index contributed by atoms with van der Waals surface area (Å²) < 4.78 is 2.84. The summed E-state index contributed by atoms with van der Waals surface area (Å²) in [6.45, 7) is 4.51. The number of halogens is 1. The van der Waals surface area contributed by atoms with Gasteiger partial charge in [-0.1, -0.05) is 112 Å². The van der Waals surface area contributed by atoms with E-state index >= 15 is 0 Å². The number of hydrogen-bond acceptors (Lipinski definition) is 3. The molecule has 0 N–H and O–H groups in total. The number of aromatic nitrogens is 3. The molecule has 0 saturated heterocycles. The Morgan fingerprint density at radius 2 is 1.27 bits per heavy atom. The first-order chi connectivity index (χ1) is 16.2. The van der Waals surface area contributed by atoms with Crippen LogP contribution in [-0.2, 0) is 12.8 Å². The highest BCUT2D eigenvalue weighted by molar-refractivity contribution is 9.10. The Morgan fingerprint density at radius 3 is 1.79 bits per heavy atom. The summed E-state index contributed by atoms with van der Waals surface area (Å²) >= 11 is 5.39. The highest BCUT2D eigenvalue weighted by Crippen LogP contribution is 2.34. The second kappa shape index (κ2) is 11.9. The van der Waals surface area contributed by atoms with Gasteiger partial charge in [0.25, 0.3) is 0 Å². The van der Waals surface area contributed by atoms with Crippen LogP contribution in [0.15, 0.2) is 53.1 Å². The van der Waals surface area contributed by atoms with Gasteiger partial charge in [-0.25, -0.2) is 4.98 Å². The predicted molar refractivity (Wildman–Crippen MR) is 145 cm³/mol. The van der Waals surface area contributed by atoms with Crippen molar-refractivity contribution in [2.75, 3.05) is 0 Å². The minimum Gasteiger partial charge on any atom is -0.216 e. The topological polar surface area (TPSA) is 30.2 Å². The van der Waals surface area contributed by atoms with Crippen molar-refractivity contribution in [1.29, 1.82) is 0 Å². The molecule has 4 aromatic rings. The van der Waals surface area contributed by atoms with Crippen molar-refractivity contribution in [2.24, 2.45) is 0 Å². The molecular formula is C28H34BrN3S. The number of rotatable bonds is 12. The van der Waals surface area contributed by atoms with Gasteiger partial charge in [0.1, 0.15) is 15.3 Å². The normalized spacial score (nSPS) is 11.5. The fraction of sp³-hybridized carbons (Fsp3) is 0.429.